The molecule has 12 heavy (non-hydrogen) atoms. The van der Waals surface area contributed by atoms with Crippen molar-refractivity contribution in [3.63, 3.8) is 0 Å². The average Bonchev–Trinajstić information content (AvgIpc) is 2.38. The van der Waals surface area contributed by atoms with Crippen molar-refractivity contribution in [2.24, 2.45) is 0 Å². The van der Waals surface area contributed by atoms with Crippen molar-refractivity contribution in [2.75, 3.05) is 11.2 Å². The lowest BCUT2D eigenvalue weighted by Gasteiger charge is -2.24. The van der Waals surface area contributed by atoms with E-state index in [9.17, 15) is 0 Å². The number of hydrogen-bond donors (Lipinski definition) is 1. The zero-order valence-corrected chi connectivity index (χ0v) is 8.74. The van der Waals surface area contributed by atoms with Crippen LogP contribution in [0.25, 0.3) is 0 Å². The highest BCUT2D eigenvalue weighted by Crippen LogP contribution is 2.18. The first-order valence-corrected chi connectivity index (χ1v) is 5.06. The maximum Gasteiger partial charge on any atom is 0.202 e. The maximum atomic E-state index is 5.65. The Balaban J connectivity index is 2.50. The van der Waals surface area contributed by atoms with E-state index in [-0.39, 0.29) is 5.54 Å². The number of rotatable bonds is 4. The quantitative estimate of drug-likeness (QED) is 0.767. The third kappa shape index (κ3) is 2.95. The second-order valence-electron chi connectivity index (χ2n) is 3.19. The van der Waals surface area contributed by atoms with Gasteiger partial charge in [-0.1, -0.05) is 0 Å². The molecule has 1 heterocycles. The standard InChI is InChI=1S/C7H12ClN3S/c1-7(2,3-4-8)11-6-9-5-10-12-6/h5H,3-4H2,1-2H3,(H,9,10,11). The van der Waals surface area contributed by atoms with E-state index in [0.717, 1.165) is 11.6 Å². The van der Waals surface area contributed by atoms with Crippen LogP contribution in [0.4, 0.5) is 5.13 Å². The molecule has 0 atom stereocenters. The zero-order chi connectivity index (χ0) is 9.03. The van der Waals surface area contributed by atoms with Crippen LogP contribution in [0.5, 0.6) is 0 Å². The number of halogens is 1. The molecular weight excluding hydrogens is 194 g/mol. The molecule has 0 aliphatic carbocycles. The lowest BCUT2D eigenvalue weighted by molar-refractivity contribution is 0.550. The predicted octanol–water partition coefficient (Wildman–Crippen LogP) is 2.36. The van der Waals surface area contributed by atoms with Gasteiger partial charge in [0.25, 0.3) is 0 Å². The van der Waals surface area contributed by atoms with E-state index in [4.69, 9.17) is 11.6 Å². The van der Waals surface area contributed by atoms with Crippen molar-refractivity contribution in [3.05, 3.63) is 6.33 Å². The van der Waals surface area contributed by atoms with Gasteiger partial charge in [0.15, 0.2) is 0 Å². The number of anilines is 1. The number of aromatic nitrogens is 2. The van der Waals surface area contributed by atoms with Crippen LogP contribution in [-0.2, 0) is 0 Å². The lowest BCUT2D eigenvalue weighted by Crippen LogP contribution is -2.31. The number of alkyl halides is 1. The smallest absolute Gasteiger partial charge is 0.202 e. The Bertz CT molecular complexity index is 223. The van der Waals surface area contributed by atoms with Crippen molar-refractivity contribution in [1.82, 2.24) is 9.36 Å². The third-order valence-electron chi connectivity index (χ3n) is 1.53. The van der Waals surface area contributed by atoms with Crippen molar-refractivity contribution in [1.29, 1.82) is 0 Å². The minimum Gasteiger partial charge on any atom is -0.355 e. The van der Waals surface area contributed by atoms with Gasteiger partial charge in [0, 0.05) is 23.0 Å². The minimum atomic E-state index is 0.00127. The maximum absolute atomic E-state index is 5.65. The first kappa shape index (κ1) is 9.74. The SMILES string of the molecule is CC(C)(CCCl)Nc1ncns1. The summed E-state index contributed by atoms with van der Waals surface area (Å²) in [5.41, 5.74) is 0.00127. The van der Waals surface area contributed by atoms with Crippen molar-refractivity contribution in [2.45, 2.75) is 25.8 Å². The van der Waals surface area contributed by atoms with Crippen LogP contribution in [0, 0.1) is 0 Å². The summed E-state index contributed by atoms with van der Waals surface area (Å²) in [5, 5.41) is 4.11. The van der Waals surface area contributed by atoms with Crippen LogP contribution in [0.2, 0.25) is 0 Å². The van der Waals surface area contributed by atoms with Crippen LogP contribution in [0.3, 0.4) is 0 Å². The molecule has 1 rings (SSSR count). The Morgan fingerprint density at radius 1 is 1.67 bits per heavy atom. The molecule has 1 aromatic heterocycles. The Morgan fingerprint density at radius 2 is 2.42 bits per heavy atom. The highest BCUT2D eigenvalue weighted by atomic mass is 35.5. The summed E-state index contributed by atoms with van der Waals surface area (Å²) in [6.45, 7) is 4.19. The molecule has 0 aliphatic heterocycles. The van der Waals surface area contributed by atoms with Crippen LogP contribution in [-0.4, -0.2) is 20.8 Å². The van der Waals surface area contributed by atoms with Gasteiger partial charge in [0.05, 0.1) is 0 Å². The van der Waals surface area contributed by atoms with E-state index in [0.29, 0.717) is 5.88 Å². The first-order chi connectivity index (χ1) is 5.64. The highest BCUT2D eigenvalue weighted by molar-refractivity contribution is 7.09. The summed E-state index contributed by atoms with van der Waals surface area (Å²) in [4.78, 5) is 4.04. The molecule has 0 fully saturated rings. The molecule has 1 aromatic rings. The summed E-state index contributed by atoms with van der Waals surface area (Å²) in [5.74, 6) is 0.652. The number of nitrogens with one attached hydrogen (secondary N) is 1. The monoisotopic (exact) mass is 205 g/mol. The minimum absolute atomic E-state index is 0.00127. The van der Waals surface area contributed by atoms with E-state index < -0.39 is 0 Å². The second kappa shape index (κ2) is 4.05. The van der Waals surface area contributed by atoms with Gasteiger partial charge in [-0.3, -0.25) is 0 Å². The fraction of sp³-hybridized carbons (Fsp3) is 0.714. The lowest BCUT2D eigenvalue weighted by atomic mass is 10.0. The summed E-state index contributed by atoms with van der Waals surface area (Å²) < 4.78 is 3.90. The van der Waals surface area contributed by atoms with Crippen molar-refractivity contribution < 1.29 is 0 Å². The highest BCUT2D eigenvalue weighted by Gasteiger charge is 2.17. The van der Waals surface area contributed by atoms with Gasteiger partial charge < -0.3 is 5.32 Å². The molecule has 3 nitrogen and oxygen atoms in total. The normalized spacial score (nSPS) is 11.6. The van der Waals surface area contributed by atoms with Gasteiger partial charge in [-0.15, -0.1) is 11.6 Å². The molecule has 0 saturated carbocycles. The summed E-state index contributed by atoms with van der Waals surface area (Å²) >= 11 is 7.01. The van der Waals surface area contributed by atoms with Gasteiger partial charge in [-0.2, -0.15) is 4.37 Å². The summed E-state index contributed by atoms with van der Waals surface area (Å²) in [6.07, 6.45) is 2.46. The number of nitrogens with zero attached hydrogens (tertiary/aromatic N) is 2. The first-order valence-electron chi connectivity index (χ1n) is 3.75. The van der Waals surface area contributed by atoms with Crippen LogP contribution < -0.4 is 5.32 Å². The summed E-state index contributed by atoms with van der Waals surface area (Å²) in [7, 11) is 0. The average molecular weight is 206 g/mol. The van der Waals surface area contributed by atoms with E-state index >= 15 is 0 Å². The molecule has 1 N–H and O–H groups in total. The van der Waals surface area contributed by atoms with E-state index in [1.807, 2.05) is 0 Å². The van der Waals surface area contributed by atoms with Gasteiger partial charge in [0.1, 0.15) is 6.33 Å². The van der Waals surface area contributed by atoms with Gasteiger partial charge in [0.2, 0.25) is 5.13 Å². The molecule has 0 amide bonds. The zero-order valence-electron chi connectivity index (χ0n) is 7.17. The van der Waals surface area contributed by atoms with Crippen LogP contribution >= 0.6 is 23.1 Å². The molecule has 0 spiro atoms. The fourth-order valence-corrected chi connectivity index (χ4v) is 1.90. The molecule has 0 radical (unpaired) electrons. The molecule has 0 bridgehead atoms. The molecule has 68 valence electrons. The predicted molar refractivity (Wildman–Crippen MR) is 52.9 cm³/mol. The fourth-order valence-electron chi connectivity index (χ4n) is 0.816. The molecular formula is C7H12ClN3S. The Morgan fingerprint density at radius 3 is 2.92 bits per heavy atom. The van der Waals surface area contributed by atoms with Crippen molar-refractivity contribution >= 4 is 28.3 Å². The van der Waals surface area contributed by atoms with E-state index in [1.54, 1.807) is 6.33 Å². The molecule has 5 heteroatoms. The van der Waals surface area contributed by atoms with Gasteiger partial charge in [-0.05, 0) is 20.3 Å². The summed E-state index contributed by atoms with van der Waals surface area (Å²) in [6, 6.07) is 0. The van der Waals surface area contributed by atoms with E-state index in [1.165, 1.54) is 11.5 Å². The number of hydrogen-bond acceptors (Lipinski definition) is 4. The van der Waals surface area contributed by atoms with Gasteiger partial charge in [-0.25, -0.2) is 4.98 Å². The van der Waals surface area contributed by atoms with Crippen molar-refractivity contribution in [3.8, 4) is 0 Å². The van der Waals surface area contributed by atoms with E-state index in [2.05, 4.69) is 28.5 Å². The molecule has 0 saturated heterocycles. The molecule has 0 unspecified atom stereocenters. The molecule has 0 aliphatic rings. The Kier molecular flexibility index (Phi) is 3.29. The Hall–Kier alpha value is -0.350. The largest absolute Gasteiger partial charge is 0.355 e. The topological polar surface area (TPSA) is 37.8 Å². The second-order valence-corrected chi connectivity index (χ2v) is 4.35. The van der Waals surface area contributed by atoms with Gasteiger partial charge >= 0.3 is 0 Å². The van der Waals surface area contributed by atoms with Crippen LogP contribution in [0.1, 0.15) is 20.3 Å². The third-order valence-corrected chi connectivity index (χ3v) is 2.30. The van der Waals surface area contributed by atoms with Crippen LogP contribution in [0.15, 0.2) is 6.33 Å². The molecule has 0 aromatic carbocycles. The Labute approximate surface area is 81.3 Å².